The number of rotatable bonds is 5. The van der Waals surface area contributed by atoms with Crippen LogP contribution in [0.3, 0.4) is 0 Å². The molecule has 0 spiro atoms. The van der Waals surface area contributed by atoms with Gasteiger partial charge in [0.05, 0.1) is 20.6 Å². The highest BCUT2D eigenvalue weighted by Crippen LogP contribution is 2.26. The van der Waals surface area contributed by atoms with Crippen LogP contribution in [0.15, 0.2) is 41.3 Å². The predicted octanol–water partition coefficient (Wildman–Crippen LogP) is 4.25. The molecule has 0 unspecified atom stereocenters. The molecule has 0 amide bonds. The third-order valence-corrected chi connectivity index (χ3v) is 6.32. The van der Waals surface area contributed by atoms with Crippen LogP contribution in [0.25, 0.3) is 0 Å². The van der Waals surface area contributed by atoms with Gasteiger partial charge in [-0.1, -0.05) is 40.9 Å². The monoisotopic (exact) mass is 421 g/mol. The quantitative estimate of drug-likeness (QED) is 0.676. The Labute approximate surface area is 161 Å². The summed E-state index contributed by atoms with van der Waals surface area (Å²) >= 11 is 17.7. The van der Waals surface area contributed by atoms with Crippen molar-refractivity contribution in [2.24, 2.45) is 0 Å². The van der Waals surface area contributed by atoms with Gasteiger partial charge in [0, 0.05) is 14.1 Å². The van der Waals surface area contributed by atoms with Crippen molar-refractivity contribution in [3.05, 3.63) is 62.6 Å². The second-order valence-electron chi connectivity index (χ2n) is 5.26. The first kappa shape index (κ1) is 20.0. The molecule has 0 heterocycles. The second kappa shape index (κ2) is 7.93. The summed E-state index contributed by atoms with van der Waals surface area (Å²) in [6, 6.07) is 8.78. The summed E-state index contributed by atoms with van der Waals surface area (Å²) < 4.78 is 30.7. The third kappa shape index (κ3) is 4.65. The van der Waals surface area contributed by atoms with E-state index in [1.165, 1.54) is 32.3 Å². The summed E-state index contributed by atoms with van der Waals surface area (Å²) in [5.74, 6) is -0.682. The van der Waals surface area contributed by atoms with Crippen molar-refractivity contribution in [2.75, 3.05) is 14.1 Å². The fraction of sp³-hybridized carbons (Fsp3) is 0.188. The molecule has 0 saturated carbocycles. The third-order valence-electron chi connectivity index (χ3n) is 3.28. The SMILES string of the molecule is CN(C)S(=O)(=O)c1cc(C(=O)OCc2ccc(Cl)c(Cl)c2)ccc1Cl. The second-order valence-corrected chi connectivity index (χ2v) is 8.60. The van der Waals surface area contributed by atoms with Gasteiger partial charge >= 0.3 is 5.97 Å². The molecule has 0 radical (unpaired) electrons. The number of ether oxygens (including phenoxy) is 1. The minimum atomic E-state index is -3.78. The van der Waals surface area contributed by atoms with Crippen LogP contribution in [0.4, 0.5) is 0 Å². The fourth-order valence-electron chi connectivity index (χ4n) is 1.89. The number of nitrogens with zero attached hydrogens (tertiary/aromatic N) is 1. The predicted molar refractivity (Wildman–Crippen MR) is 97.9 cm³/mol. The van der Waals surface area contributed by atoms with Gasteiger partial charge in [-0.25, -0.2) is 17.5 Å². The first-order valence-electron chi connectivity index (χ1n) is 6.96. The highest BCUT2D eigenvalue weighted by molar-refractivity contribution is 7.89. The molecule has 9 heteroatoms. The van der Waals surface area contributed by atoms with E-state index in [1.54, 1.807) is 18.2 Å². The van der Waals surface area contributed by atoms with Crippen LogP contribution in [0.5, 0.6) is 0 Å². The molecule has 0 aliphatic heterocycles. The van der Waals surface area contributed by atoms with Crippen molar-refractivity contribution in [3.8, 4) is 0 Å². The fourth-order valence-corrected chi connectivity index (χ4v) is 3.60. The highest BCUT2D eigenvalue weighted by atomic mass is 35.5. The van der Waals surface area contributed by atoms with Crippen LogP contribution in [0, 0.1) is 0 Å². The first-order valence-corrected chi connectivity index (χ1v) is 9.53. The number of carbonyl (C=O) groups excluding carboxylic acids is 1. The zero-order valence-corrected chi connectivity index (χ0v) is 16.4. The van der Waals surface area contributed by atoms with Crippen LogP contribution in [-0.4, -0.2) is 32.8 Å². The number of hydrogen-bond donors (Lipinski definition) is 0. The molecule has 0 N–H and O–H groups in total. The lowest BCUT2D eigenvalue weighted by Gasteiger charge is -2.13. The summed E-state index contributed by atoms with van der Waals surface area (Å²) in [4.78, 5) is 12.0. The van der Waals surface area contributed by atoms with Crippen molar-refractivity contribution in [2.45, 2.75) is 11.5 Å². The summed E-state index contributed by atoms with van der Waals surface area (Å²) in [5, 5.41) is 0.767. The van der Waals surface area contributed by atoms with Crippen molar-refractivity contribution < 1.29 is 17.9 Å². The Morgan fingerprint density at radius 1 is 1.00 bits per heavy atom. The molecule has 134 valence electrons. The average Bonchev–Trinajstić information content (AvgIpc) is 2.55. The summed E-state index contributed by atoms with van der Waals surface area (Å²) in [5.41, 5.74) is 0.725. The molecule has 0 bridgehead atoms. The van der Waals surface area contributed by atoms with Crippen LogP contribution >= 0.6 is 34.8 Å². The Morgan fingerprint density at radius 3 is 2.24 bits per heavy atom. The molecule has 2 aromatic rings. The van der Waals surface area contributed by atoms with Gasteiger partial charge in [0.15, 0.2) is 0 Å². The number of benzene rings is 2. The number of halogens is 3. The van der Waals surface area contributed by atoms with E-state index in [0.29, 0.717) is 15.6 Å². The van der Waals surface area contributed by atoms with E-state index in [-0.39, 0.29) is 22.1 Å². The lowest BCUT2D eigenvalue weighted by molar-refractivity contribution is 0.0472. The van der Waals surface area contributed by atoms with Crippen molar-refractivity contribution in [1.29, 1.82) is 0 Å². The zero-order chi connectivity index (χ0) is 18.8. The molecule has 5 nitrogen and oxygen atoms in total. The highest BCUT2D eigenvalue weighted by Gasteiger charge is 2.22. The van der Waals surface area contributed by atoms with Crippen molar-refractivity contribution in [1.82, 2.24) is 4.31 Å². The standard InChI is InChI=1S/C16H14Cl3NO4S/c1-20(2)25(22,23)15-8-11(4-6-13(15)18)16(21)24-9-10-3-5-12(17)14(19)7-10/h3-8H,9H2,1-2H3. The average molecular weight is 423 g/mol. The smallest absolute Gasteiger partial charge is 0.338 e. The van der Waals surface area contributed by atoms with Gasteiger partial charge in [0.2, 0.25) is 10.0 Å². The normalized spacial score (nSPS) is 11.6. The summed E-state index contributed by atoms with van der Waals surface area (Å²) in [7, 11) is -1.03. The van der Waals surface area contributed by atoms with Crippen LogP contribution in [-0.2, 0) is 21.4 Å². The van der Waals surface area contributed by atoms with Gasteiger partial charge in [-0.15, -0.1) is 0 Å². The Bertz CT molecular complexity index is 914. The summed E-state index contributed by atoms with van der Waals surface area (Å²) in [6.07, 6.45) is 0. The van der Waals surface area contributed by atoms with E-state index >= 15 is 0 Å². The number of carbonyl (C=O) groups is 1. The Balaban J connectivity index is 2.21. The maximum Gasteiger partial charge on any atom is 0.338 e. The van der Waals surface area contributed by atoms with Gasteiger partial charge in [0.1, 0.15) is 11.5 Å². The lowest BCUT2D eigenvalue weighted by atomic mass is 10.2. The Morgan fingerprint density at radius 2 is 1.64 bits per heavy atom. The topological polar surface area (TPSA) is 63.7 Å². The molecular formula is C16H14Cl3NO4S. The molecule has 2 aromatic carbocycles. The number of sulfonamides is 1. The number of esters is 1. The first-order chi connectivity index (χ1) is 11.6. The lowest BCUT2D eigenvalue weighted by Crippen LogP contribution is -2.23. The van der Waals surface area contributed by atoms with E-state index in [1.807, 2.05) is 0 Å². The molecule has 2 rings (SSSR count). The molecule has 0 aromatic heterocycles. The largest absolute Gasteiger partial charge is 0.457 e. The minimum absolute atomic E-state index is 0.0229. The molecule has 0 saturated heterocycles. The summed E-state index contributed by atoms with van der Waals surface area (Å²) in [6.45, 7) is -0.0336. The maximum absolute atomic E-state index is 12.2. The molecular weight excluding hydrogens is 409 g/mol. The van der Waals surface area contributed by atoms with Crippen LogP contribution in [0.1, 0.15) is 15.9 Å². The molecule has 0 aliphatic carbocycles. The molecule has 25 heavy (non-hydrogen) atoms. The van der Waals surface area contributed by atoms with Crippen molar-refractivity contribution in [3.63, 3.8) is 0 Å². The van der Waals surface area contributed by atoms with Gasteiger partial charge < -0.3 is 4.74 Å². The molecule has 0 atom stereocenters. The van der Waals surface area contributed by atoms with E-state index < -0.39 is 16.0 Å². The van der Waals surface area contributed by atoms with E-state index in [2.05, 4.69) is 0 Å². The van der Waals surface area contributed by atoms with Gasteiger partial charge in [-0.05, 0) is 35.9 Å². The van der Waals surface area contributed by atoms with Gasteiger partial charge in [-0.2, -0.15) is 0 Å². The van der Waals surface area contributed by atoms with Crippen LogP contribution < -0.4 is 0 Å². The maximum atomic E-state index is 12.2. The van der Waals surface area contributed by atoms with Gasteiger partial charge in [0.25, 0.3) is 0 Å². The van der Waals surface area contributed by atoms with E-state index in [0.717, 1.165) is 4.31 Å². The van der Waals surface area contributed by atoms with Crippen molar-refractivity contribution >= 4 is 50.8 Å². The Hall–Kier alpha value is -1.31. The Kier molecular flexibility index (Phi) is 6.35. The van der Waals surface area contributed by atoms with E-state index in [4.69, 9.17) is 39.5 Å². The van der Waals surface area contributed by atoms with Crippen LogP contribution in [0.2, 0.25) is 15.1 Å². The van der Waals surface area contributed by atoms with E-state index in [9.17, 15) is 13.2 Å². The zero-order valence-electron chi connectivity index (χ0n) is 13.3. The molecule has 0 fully saturated rings. The van der Waals surface area contributed by atoms with Gasteiger partial charge in [-0.3, -0.25) is 0 Å². The molecule has 0 aliphatic rings. The number of hydrogen-bond acceptors (Lipinski definition) is 4. The minimum Gasteiger partial charge on any atom is -0.457 e.